The second-order valence-corrected chi connectivity index (χ2v) is 5.17. The van der Waals surface area contributed by atoms with Crippen LogP contribution < -0.4 is 5.32 Å². The molecule has 0 aromatic heterocycles. The van der Waals surface area contributed by atoms with Gasteiger partial charge < -0.3 is 19.5 Å². The fraction of sp³-hybridized carbons (Fsp3) is 0.533. The summed E-state index contributed by atoms with van der Waals surface area (Å²) in [5.41, 5.74) is 0.688. The molecule has 1 rings (SSSR count). The maximum Gasteiger partial charge on any atom is 0.409 e. The Morgan fingerprint density at radius 2 is 2.00 bits per heavy atom. The van der Waals surface area contributed by atoms with Gasteiger partial charge in [-0.05, 0) is 19.9 Å². The monoisotopic (exact) mass is 315 g/mol. The predicted octanol–water partition coefficient (Wildman–Crippen LogP) is 3.87. The number of carbonyl (C=O) groups excluding carboxylic acids is 1. The van der Waals surface area contributed by atoms with Crippen LogP contribution in [0.5, 0.6) is 0 Å². The van der Waals surface area contributed by atoms with Gasteiger partial charge in [-0.2, -0.15) is 0 Å². The summed E-state index contributed by atoms with van der Waals surface area (Å²) in [4.78, 5) is 11.6. The molecule has 0 radical (unpaired) electrons. The third-order valence-electron chi connectivity index (χ3n) is 2.63. The van der Waals surface area contributed by atoms with Gasteiger partial charge >= 0.3 is 6.09 Å². The Hall–Kier alpha value is -1.30. The number of rotatable bonds is 7. The van der Waals surface area contributed by atoms with Crippen molar-refractivity contribution >= 4 is 17.7 Å². The van der Waals surface area contributed by atoms with Crippen LogP contribution in [0, 0.1) is 0 Å². The number of ether oxygens (including phenoxy) is 3. The SMILES string of the molecule is CC[C@@H](OC(=O)NC(C)C)O[C@@H](OC)c1ccccc1Cl. The standard InChI is InChI=1S/C15H22ClNO4/c1-5-13(21-15(18)17-10(2)3)20-14(19-4)11-8-6-7-9-12(11)16/h6-10,13-14H,5H2,1-4H3,(H,17,18)/t13-,14-/m1/s1. The first-order valence-corrected chi connectivity index (χ1v) is 7.25. The van der Waals surface area contributed by atoms with Crippen molar-refractivity contribution in [3.05, 3.63) is 34.9 Å². The molecular formula is C15H22ClNO4. The molecule has 0 saturated carbocycles. The zero-order valence-corrected chi connectivity index (χ0v) is 13.5. The van der Waals surface area contributed by atoms with E-state index in [2.05, 4.69) is 5.32 Å². The number of halogens is 1. The second kappa shape index (κ2) is 8.87. The highest BCUT2D eigenvalue weighted by Crippen LogP contribution is 2.27. The van der Waals surface area contributed by atoms with Crippen LogP contribution in [0.25, 0.3) is 0 Å². The Morgan fingerprint density at radius 3 is 2.52 bits per heavy atom. The van der Waals surface area contributed by atoms with Crippen molar-refractivity contribution in [3.8, 4) is 0 Å². The van der Waals surface area contributed by atoms with Crippen LogP contribution in [0.3, 0.4) is 0 Å². The summed E-state index contributed by atoms with van der Waals surface area (Å²) in [5, 5.41) is 3.18. The van der Waals surface area contributed by atoms with Crippen LogP contribution in [-0.4, -0.2) is 25.5 Å². The van der Waals surface area contributed by atoms with E-state index >= 15 is 0 Å². The zero-order chi connectivity index (χ0) is 15.8. The summed E-state index contributed by atoms with van der Waals surface area (Å²) >= 11 is 6.12. The predicted molar refractivity (Wildman–Crippen MR) is 81.1 cm³/mol. The number of methoxy groups -OCH3 is 1. The van der Waals surface area contributed by atoms with Crippen molar-refractivity contribution in [2.75, 3.05) is 7.11 Å². The molecule has 1 N–H and O–H groups in total. The van der Waals surface area contributed by atoms with Crippen molar-refractivity contribution in [1.82, 2.24) is 5.32 Å². The lowest BCUT2D eigenvalue weighted by Gasteiger charge is -2.24. The van der Waals surface area contributed by atoms with E-state index in [9.17, 15) is 4.79 Å². The van der Waals surface area contributed by atoms with Gasteiger partial charge in [-0.25, -0.2) is 4.79 Å². The molecule has 1 aromatic rings. The maximum atomic E-state index is 11.6. The fourth-order valence-electron chi connectivity index (χ4n) is 1.66. The van der Waals surface area contributed by atoms with Crippen LogP contribution in [-0.2, 0) is 14.2 Å². The zero-order valence-electron chi connectivity index (χ0n) is 12.8. The normalized spacial score (nSPS) is 13.8. The quantitative estimate of drug-likeness (QED) is 0.776. The van der Waals surface area contributed by atoms with Crippen molar-refractivity contribution in [2.24, 2.45) is 0 Å². The molecule has 0 bridgehead atoms. The second-order valence-electron chi connectivity index (χ2n) is 4.77. The number of alkyl carbamates (subject to hydrolysis) is 1. The lowest BCUT2D eigenvalue weighted by molar-refractivity contribution is -0.222. The molecule has 2 atom stereocenters. The molecule has 0 spiro atoms. The highest BCUT2D eigenvalue weighted by atomic mass is 35.5. The van der Waals surface area contributed by atoms with E-state index in [1.807, 2.05) is 32.9 Å². The van der Waals surface area contributed by atoms with Crippen molar-refractivity contribution < 1.29 is 19.0 Å². The number of nitrogens with one attached hydrogen (secondary N) is 1. The summed E-state index contributed by atoms with van der Waals surface area (Å²) in [6.07, 6.45) is -1.44. The molecule has 0 heterocycles. The van der Waals surface area contributed by atoms with Gasteiger partial charge in [-0.15, -0.1) is 0 Å². The molecule has 0 aliphatic rings. The first kappa shape index (κ1) is 17.8. The van der Waals surface area contributed by atoms with Gasteiger partial charge in [-0.1, -0.05) is 36.7 Å². The average Bonchev–Trinajstić information content (AvgIpc) is 2.43. The summed E-state index contributed by atoms with van der Waals surface area (Å²) in [6, 6.07) is 7.21. The molecule has 21 heavy (non-hydrogen) atoms. The smallest absolute Gasteiger partial charge is 0.409 e. The highest BCUT2D eigenvalue weighted by molar-refractivity contribution is 6.31. The Morgan fingerprint density at radius 1 is 1.33 bits per heavy atom. The third kappa shape index (κ3) is 5.91. The number of amides is 1. The largest absolute Gasteiger partial charge is 0.420 e. The molecule has 118 valence electrons. The van der Waals surface area contributed by atoms with E-state index < -0.39 is 18.7 Å². The Labute approximate surface area is 130 Å². The first-order chi connectivity index (χ1) is 9.97. The fourth-order valence-corrected chi connectivity index (χ4v) is 1.88. The van der Waals surface area contributed by atoms with Crippen LogP contribution in [0.15, 0.2) is 24.3 Å². The number of hydrogen-bond acceptors (Lipinski definition) is 4. The van der Waals surface area contributed by atoms with Gasteiger partial charge in [-0.3, -0.25) is 0 Å². The van der Waals surface area contributed by atoms with Crippen LogP contribution in [0.4, 0.5) is 4.79 Å². The van der Waals surface area contributed by atoms with Gasteiger partial charge in [0.2, 0.25) is 6.29 Å². The van der Waals surface area contributed by atoms with Gasteiger partial charge in [0.25, 0.3) is 0 Å². The van der Waals surface area contributed by atoms with E-state index in [4.69, 9.17) is 25.8 Å². The molecule has 1 aromatic carbocycles. The lowest BCUT2D eigenvalue weighted by Crippen LogP contribution is -2.35. The maximum absolute atomic E-state index is 11.6. The van der Waals surface area contributed by atoms with Crippen molar-refractivity contribution in [2.45, 2.75) is 45.8 Å². The molecule has 0 aliphatic heterocycles. The molecule has 1 amide bonds. The van der Waals surface area contributed by atoms with Crippen LogP contribution in [0.1, 0.15) is 39.0 Å². The molecule has 0 fully saturated rings. The number of carbonyl (C=O) groups is 1. The minimum atomic E-state index is -0.718. The summed E-state index contributed by atoms with van der Waals surface area (Å²) in [7, 11) is 1.51. The van der Waals surface area contributed by atoms with Gasteiger partial charge in [0.15, 0.2) is 6.29 Å². The Kier molecular flexibility index (Phi) is 7.50. The van der Waals surface area contributed by atoms with Gasteiger partial charge in [0.1, 0.15) is 0 Å². The minimum absolute atomic E-state index is 0.00297. The molecule has 0 aliphatic carbocycles. The van der Waals surface area contributed by atoms with Crippen molar-refractivity contribution in [3.63, 3.8) is 0 Å². The van der Waals surface area contributed by atoms with Gasteiger partial charge in [0.05, 0.1) is 0 Å². The lowest BCUT2D eigenvalue weighted by atomic mass is 10.2. The third-order valence-corrected chi connectivity index (χ3v) is 2.97. The molecule has 5 nitrogen and oxygen atoms in total. The Balaban J connectivity index is 2.70. The van der Waals surface area contributed by atoms with Crippen LogP contribution in [0.2, 0.25) is 5.02 Å². The van der Waals surface area contributed by atoms with E-state index in [1.54, 1.807) is 12.1 Å². The summed E-state index contributed by atoms with van der Waals surface area (Å²) in [5.74, 6) is 0. The van der Waals surface area contributed by atoms with E-state index in [-0.39, 0.29) is 6.04 Å². The van der Waals surface area contributed by atoms with Crippen molar-refractivity contribution in [1.29, 1.82) is 0 Å². The minimum Gasteiger partial charge on any atom is -0.420 e. The summed E-state index contributed by atoms with van der Waals surface area (Å²) < 4.78 is 16.2. The van der Waals surface area contributed by atoms with Crippen LogP contribution >= 0.6 is 11.6 Å². The first-order valence-electron chi connectivity index (χ1n) is 6.87. The van der Waals surface area contributed by atoms with E-state index in [0.29, 0.717) is 17.0 Å². The Bertz CT molecular complexity index is 453. The topological polar surface area (TPSA) is 56.8 Å². The summed E-state index contributed by atoms with van der Waals surface area (Å²) in [6.45, 7) is 5.56. The molecule has 0 saturated heterocycles. The van der Waals surface area contributed by atoms with E-state index in [0.717, 1.165) is 0 Å². The highest BCUT2D eigenvalue weighted by Gasteiger charge is 2.22. The number of benzene rings is 1. The average molecular weight is 316 g/mol. The van der Waals surface area contributed by atoms with Gasteiger partial charge in [0, 0.05) is 30.2 Å². The molecule has 0 unspecified atom stereocenters. The number of hydrogen-bond donors (Lipinski definition) is 1. The molecular weight excluding hydrogens is 294 g/mol. The van der Waals surface area contributed by atoms with E-state index in [1.165, 1.54) is 7.11 Å². The molecule has 6 heteroatoms.